The molecular formula is C12H18N4O3S. The van der Waals surface area contributed by atoms with Crippen LogP contribution in [0.15, 0.2) is 27.8 Å². The minimum absolute atomic E-state index is 0.103. The maximum absolute atomic E-state index is 12.2. The van der Waals surface area contributed by atoms with E-state index in [1.165, 1.54) is 6.07 Å². The van der Waals surface area contributed by atoms with Crippen molar-refractivity contribution < 1.29 is 12.8 Å². The van der Waals surface area contributed by atoms with Crippen LogP contribution in [-0.4, -0.2) is 24.7 Å². The third kappa shape index (κ3) is 3.20. The fourth-order valence-electron chi connectivity index (χ4n) is 1.74. The Kier molecular flexibility index (Phi) is 4.15. The molecule has 0 aliphatic carbocycles. The number of nitrogens with one attached hydrogen (secondary N) is 2. The first-order valence-electron chi connectivity index (χ1n) is 6.25. The lowest BCUT2D eigenvalue weighted by Gasteiger charge is -2.03. The van der Waals surface area contributed by atoms with E-state index in [4.69, 9.17) is 4.42 Å². The molecular weight excluding hydrogens is 280 g/mol. The summed E-state index contributed by atoms with van der Waals surface area (Å²) in [5.74, 6) is 0.579. The van der Waals surface area contributed by atoms with E-state index in [9.17, 15) is 8.42 Å². The predicted octanol–water partition coefficient (Wildman–Crippen LogP) is 1.23. The third-order valence-corrected chi connectivity index (χ3v) is 3.95. The van der Waals surface area contributed by atoms with E-state index in [1.807, 2.05) is 6.92 Å². The van der Waals surface area contributed by atoms with Crippen LogP contribution < -0.4 is 10.0 Å². The number of aromatic nitrogens is 2. The molecule has 2 aromatic heterocycles. The number of anilines is 1. The van der Waals surface area contributed by atoms with E-state index in [-0.39, 0.29) is 5.09 Å². The fraction of sp³-hybridized carbons (Fsp3) is 0.417. The molecule has 0 aliphatic heterocycles. The molecule has 0 fully saturated rings. The van der Waals surface area contributed by atoms with Gasteiger partial charge in [0.2, 0.25) is 5.09 Å². The normalized spacial score (nSPS) is 11.8. The summed E-state index contributed by atoms with van der Waals surface area (Å²) in [6.07, 6.45) is 1.61. The molecule has 0 unspecified atom stereocenters. The van der Waals surface area contributed by atoms with Crippen molar-refractivity contribution in [2.24, 2.45) is 7.05 Å². The number of nitrogens with zero attached hydrogens (tertiary/aromatic N) is 2. The van der Waals surface area contributed by atoms with Gasteiger partial charge < -0.3 is 9.73 Å². The van der Waals surface area contributed by atoms with Gasteiger partial charge in [0.1, 0.15) is 5.76 Å². The Morgan fingerprint density at radius 1 is 1.40 bits per heavy atom. The van der Waals surface area contributed by atoms with E-state index < -0.39 is 10.0 Å². The molecule has 0 radical (unpaired) electrons. The maximum atomic E-state index is 12.2. The van der Waals surface area contributed by atoms with Gasteiger partial charge in [-0.1, -0.05) is 6.92 Å². The number of hydrogen-bond acceptors (Lipinski definition) is 5. The Balaban J connectivity index is 2.18. The standard InChI is InChI=1S/C12H18N4O3S/c1-4-13-7-10-5-6-12(19-10)20(17,18)15-11-8-16(3)14-9(11)2/h5-6,8,13,15H,4,7H2,1-3H3. The van der Waals surface area contributed by atoms with Gasteiger partial charge in [0, 0.05) is 13.2 Å². The summed E-state index contributed by atoms with van der Waals surface area (Å²) in [5, 5.41) is 7.05. The van der Waals surface area contributed by atoms with Gasteiger partial charge in [0.25, 0.3) is 10.0 Å². The molecule has 0 atom stereocenters. The van der Waals surface area contributed by atoms with Gasteiger partial charge in [-0.3, -0.25) is 9.40 Å². The van der Waals surface area contributed by atoms with Crippen LogP contribution in [0.25, 0.3) is 0 Å². The number of furan rings is 1. The molecule has 2 heterocycles. The van der Waals surface area contributed by atoms with E-state index in [0.29, 0.717) is 23.7 Å². The summed E-state index contributed by atoms with van der Waals surface area (Å²) in [4.78, 5) is 0. The zero-order valence-corrected chi connectivity index (χ0v) is 12.5. The molecule has 20 heavy (non-hydrogen) atoms. The number of rotatable bonds is 6. The molecule has 0 bridgehead atoms. The largest absolute Gasteiger partial charge is 0.446 e. The van der Waals surface area contributed by atoms with Crippen molar-refractivity contribution in [1.29, 1.82) is 0 Å². The zero-order valence-electron chi connectivity index (χ0n) is 11.7. The van der Waals surface area contributed by atoms with Crippen molar-refractivity contribution >= 4 is 15.7 Å². The van der Waals surface area contributed by atoms with Crippen LogP contribution in [0.1, 0.15) is 18.4 Å². The second kappa shape index (κ2) is 5.68. The Morgan fingerprint density at radius 3 is 2.75 bits per heavy atom. The second-order valence-electron chi connectivity index (χ2n) is 4.41. The summed E-state index contributed by atoms with van der Waals surface area (Å²) >= 11 is 0. The lowest BCUT2D eigenvalue weighted by molar-refractivity contribution is 0.405. The topological polar surface area (TPSA) is 89.2 Å². The van der Waals surface area contributed by atoms with Crippen molar-refractivity contribution in [3.05, 3.63) is 29.8 Å². The zero-order chi connectivity index (χ0) is 14.8. The van der Waals surface area contributed by atoms with E-state index in [0.717, 1.165) is 6.54 Å². The molecule has 8 heteroatoms. The summed E-state index contributed by atoms with van der Waals surface area (Å²) in [5.41, 5.74) is 1.05. The first kappa shape index (κ1) is 14.6. The molecule has 0 spiro atoms. The Hall–Kier alpha value is -1.80. The van der Waals surface area contributed by atoms with Gasteiger partial charge in [-0.15, -0.1) is 0 Å². The highest BCUT2D eigenvalue weighted by Crippen LogP contribution is 2.20. The third-order valence-electron chi connectivity index (χ3n) is 2.71. The maximum Gasteiger partial charge on any atom is 0.295 e. The molecule has 0 amide bonds. The Bertz CT molecular complexity index is 687. The van der Waals surface area contributed by atoms with Crippen LogP contribution in [0.3, 0.4) is 0 Å². The minimum atomic E-state index is -3.72. The Morgan fingerprint density at radius 2 is 2.15 bits per heavy atom. The van der Waals surface area contributed by atoms with Crippen molar-refractivity contribution in [3.63, 3.8) is 0 Å². The summed E-state index contributed by atoms with van der Waals surface area (Å²) < 4.78 is 33.7. The van der Waals surface area contributed by atoms with Gasteiger partial charge >= 0.3 is 0 Å². The molecule has 0 saturated carbocycles. The van der Waals surface area contributed by atoms with Gasteiger partial charge in [0.05, 0.1) is 17.9 Å². The van der Waals surface area contributed by atoms with E-state index in [1.54, 1.807) is 30.9 Å². The molecule has 2 rings (SSSR count). The van der Waals surface area contributed by atoms with Crippen LogP contribution in [0.4, 0.5) is 5.69 Å². The summed E-state index contributed by atoms with van der Waals surface area (Å²) in [6, 6.07) is 3.09. The molecule has 2 N–H and O–H groups in total. The predicted molar refractivity (Wildman–Crippen MR) is 74.8 cm³/mol. The quantitative estimate of drug-likeness (QED) is 0.837. The van der Waals surface area contributed by atoms with Gasteiger partial charge in [-0.25, -0.2) is 0 Å². The van der Waals surface area contributed by atoms with Gasteiger partial charge in [-0.2, -0.15) is 13.5 Å². The summed E-state index contributed by atoms with van der Waals surface area (Å²) in [6.45, 7) is 4.98. The minimum Gasteiger partial charge on any atom is -0.446 e. The van der Waals surface area contributed by atoms with Gasteiger partial charge in [-0.05, 0) is 25.6 Å². The van der Waals surface area contributed by atoms with Crippen LogP contribution in [0.2, 0.25) is 0 Å². The molecule has 110 valence electrons. The second-order valence-corrected chi connectivity index (χ2v) is 6.02. The highest BCUT2D eigenvalue weighted by molar-refractivity contribution is 7.92. The van der Waals surface area contributed by atoms with Crippen molar-refractivity contribution in [2.45, 2.75) is 25.5 Å². The van der Waals surface area contributed by atoms with E-state index >= 15 is 0 Å². The van der Waals surface area contributed by atoms with Crippen molar-refractivity contribution in [2.75, 3.05) is 11.3 Å². The van der Waals surface area contributed by atoms with Gasteiger partial charge in [0.15, 0.2) is 0 Å². The van der Waals surface area contributed by atoms with E-state index in [2.05, 4.69) is 15.1 Å². The number of sulfonamides is 1. The van der Waals surface area contributed by atoms with Crippen LogP contribution >= 0.6 is 0 Å². The molecule has 0 saturated heterocycles. The van der Waals surface area contributed by atoms with Crippen LogP contribution in [0.5, 0.6) is 0 Å². The lowest BCUT2D eigenvalue weighted by atomic mass is 10.4. The Labute approximate surface area is 118 Å². The number of hydrogen-bond donors (Lipinski definition) is 2. The van der Waals surface area contributed by atoms with Crippen LogP contribution in [-0.2, 0) is 23.6 Å². The molecule has 2 aromatic rings. The SMILES string of the molecule is CCNCc1ccc(S(=O)(=O)Nc2cn(C)nc2C)o1. The van der Waals surface area contributed by atoms with Crippen molar-refractivity contribution in [3.8, 4) is 0 Å². The fourth-order valence-corrected chi connectivity index (χ4v) is 2.80. The van der Waals surface area contributed by atoms with Crippen molar-refractivity contribution in [1.82, 2.24) is 15.1 Å². The molecule has 0 aliphatic rings. The highest BCUT2D eigenvalue weighted by atomic mass is 32.2. The molecule has 7 nitrogen and oxygen atoms in total. The first-order valence-corrected chi connectivity index (χ1v) is 7.73. The average Bonchev–Trinajstić information content (AvgIpc) is 2.94. The molecule has 0 aromatic carbocycles. The van der Waals surface area contributed by atoms with Crippen LogP contribution in [0, 0.1) is 6.92 Å². The highest BCUT2D eigenvalue weighted by Gasteiger charge is 2.20. The monoisotopic (exact) mass is 298 g/mol. The summed E-state index contributed by atoms with van der Waals surface area (Å²) in [7, 11) is -2.00. The lowest BCUT2D eigenvalue weighted by Crippen LogP contribution is -2.13. The first-order chi connectivity index (χ1) is 9.42. The average molecular weight is 298 g/mol. The smallest absolute Gasteiger partial charge is 0.295 e. The number of aryl methyl sites for hydroxylation is 2.